The molecule has 16 heavy (non-hydrogen) atoms. The molecule has 0 spiro atoms. The van der Waals surface area contributed by atoms with E-state index in [1.807, 2.05) is 27.8 Å². The van der Waals surface area contributed by atoms with Crippen molar-refractivity contribution in [3.63, 3.8) is 0 Å². The van der Waals surface area contributed by atoms with Crippen molar-refractivity contribution in [3.8, 4) is 0 Å². The molecule has 0 radical (unpaired) electrons. The Morgan fingerprint density at radius 2 is 2.31 bits per heavy atom. The van der Waals surface area contributed by atoms with Crippen molar-refractivity contribution in [3.05, 3.63) is 24.0 Å². The Hall–Kier alpha value is -1.29. The van der Waals surface area contributed by atoms with Crippen LogP contribution in [0.5, 0.6) is 0 Å². The third-order valence-corrected chi connectivity index (χ3v) is 3.52. The topological polar surface area (TPSA) is 34.5 Å². The molecule has 2 atom stereocenters. The van der Waals surface area contributed by atoms with Gasteiger partial charge in [0.15, 0.2) is 6.23 Å². The van der Waals surface area contributed by atoms with E-state index in [2.05, 4.69) is 13.8 Å². The van der Waals surface area contributed by atoms with Gasteiger partial charge >= 0.3 is 0 Å². The van der Waals surface area contributed by atoms with Crippen molar-refractivity contribution in [1.29, 1.82) is 0 Å². The maximum atomic E-state index is 12.1. The SMILES string of the molecule is CC(C)[C@H]1COC2c3cccn3CC(=O)N21. The molecule has 4 heteroatoms. The Bertz CT molecular complexity index is 424. The molecule has 1 saturated heterocycles. The van der Waals surface area contributed by atoms with E-state index >= 15 is 0 Å². The van der Waals surface area contributed by atoms with Gasteiger partial charge in [-0.05, 0) is 18.1 Å². The number of carbonyl (C=O) groups is 1. The number of carbonyl (C=O) groups excluding carboxylic acids is 1. The number of hydrogen-bond acceptors (Lipinski definition) is 2. The number of ether oxygens (including phenoxy) is 1. The highest BCUT2D eigenvalue weighted by atomic mass is 16.5. The summed E-state index contributed by atoms with van der Waals surface area (Å²) in [4.78, 5) is 14.0. The molecular weight excluding hydrogens is 204 g/mol. The molecule has 86 valence electrons. The smallest absolute Gasteiger partial charge is 0.245 e. The highest BCUT2D eigenvalue weighted by Crippen LogP contribution is 2.36. The lowest BCUT2D eigenvalue weighted by Crippen LogP contribution is -2.46. The van der Waals surface area contributed by atoms with Crippen molar-refractivity contribution in [1.82, 2.24) is 9.47 Å². The number of nitrogens with zero attached hydrogens (tertiary/aromatic N) is 2. The molecular formula is C12H16N2O2. The number of aromatic nitrogens is 1. The van der Waals surface area contributed by atoms with Crippen LogP contribution in [0.25, 0.3) is 0 Å². The van der Waals surface area contributed by atoms with E-state index in [4.69, 9.17) is 4.74 Å². The van der Waals surface area contributed by atoms with Crippen LogP contribution in [-0.4, -0.2) is 28.0 Å². The summed E-state index contributed by atoms with van der Waals surface area (Å²) in [6.07, 6.45) is 1.78. The van der Waals surface area contributed by atoms with E-state index in [0.29, 0.717) is 19.1 Å². The Kier molecular flexibility index (Phi) is 2.07. The maximum Gasteiger partial charge on any atom is 0.245 e. The lowest BCUT2D eigenvalue weighted by Gasteiger charge is -2.34. The second-order valence-electron chi connectivity index (χ2n) is 4.86. The molecule has 2 aliphatic rings. The van der Waals surface area contributed by atoms with Crippen LogP contribution < -0.4 is 0 Å². The third-order valence-electron chi connectivity index (χ3n) is 3.52. The summed E-state index contributed by atoms with van der Waals surface area (Å²) in [6.45, 7) is 5.37. The van der Waals surface area contributed by atoms with E-state index in [1.54, 1.807) is 0 Å². The first-order chi connectivity index (χ1) is 7.68. The van der Waals surface area contributed by atoms with Gasteiger partial charge in [0.1, 0.15) is 6.54 Å². The van der Waals surface area contributed by atoms with Gasteiger partial charge in [-0.1, -0.05) is 13.8 Å². The van der Waals surface area contributed by atoms with Gasteiger partial charge < -0.3 is 14.2 Å². The molecule has 0 aliphatic carbocycles. The second-order valence-corrected chi connectivity index (χ2v) is 4.86. The fraction of sp³-hybridized carbons (Fsp3) is 0.583. The van der Waals surface area contributed by atoms with Crippen LogP contribution in [0.2, 0.25) is 0 Å². The summed E-state index contributed by atoms with van der Waals surface area (Å²) in [7, 11) is 0. The van der Waals surface area contributed by atoms with Crippen LogP contribution in [0.4, 0.5) is 0 Å². The van der Waals surface area contributed by atoms with E-state index < -0.39 is 0 Å². The largest absolute Gasteiger partial charge is 0.350 e. The number of hydrogen-bond donors (Lipinski definition) is 0. The zero-order valence-corrected chi connectivity index (χ0v) is 9.59. The predicted molar refractivity (Wildman–Crippen MR) is 58.6 cm³/mol. The average molecular weight is 220 g/mol. The zero-order valence-electron chi connectivity index (χ0n) is 9.59. The summed E-state index contributed by atoms with van der Waals surface area (Å²) in [5.74, 6) is 0.611. The minimum atomic E-state index is -0.163. The molecule has 4 nitrogen and oxygen atoms in total. The van der Waals surface area contributed by atoms with Crippen LogP contribution in [-0.2, 0) is 16.1 Å². The van der Waals surface area contributed by atoms with Gasteiger partial charge in [0.2, 0.25) is 5.91 Å². The van der Waals surface area contributed by atoms with Gasteiger partial charge in [0.05, 0.1) is 18.3 Å². The minimum Gasteiger partial charge on any atom is -0.350 e. The molecule has 1 aromatic rings. The molecule has 3 heterocycles. The molecule has 1 amide bonds. The maximum absolute atomic E-state index is 12.1. The van der Waals surface area contributed by atoms with Gasteiger partial charge in [-0.3, -0.25) is 4.79 Å². The number of rotatable bonds is 1. The number of fused-ring (bicyclic) bond motifs is 3. The first-order valence-corrected chi connectivity index (χ1v) is 5.76. The first kappa shape index (κ1) is 9.90. The minimum absolute atomic E-state index is 0.163. The molecule has 0 bridgehead atoms. The monoisotopic (exact) mass is 220 g/mol. The lowest BCUT2D eigenvalue weighted by molar-refractivity contribution is -0.142. The van der Waals surface area contributed by atoms with Crippen molar-refractivity contribution >= 4 is 5.91 Å². The zero-order chi connectivity index (χ0) is 11.3. The van der Waals surface area contributed by atoms with Gasteiger partial charge in [0, 0.05) is 6.20 Å². The highest BCUT2D eigenvalue weighted by Gasteiger charge is 2.43. The van der Waals surface area contributed by atoms with Gasteiger partial charge in [-0.2, -0.15) is 0 Å². The molecule has 0 N–H and O–H groups in total. The molecule has 2 aliphatic heterocycles. The Labute approximate surface area is 94.8 Å². The van der Waals surface area contributed by atoms with Crippen molar-refractivity contribution in [2.75, 3.05) is 6.61 Å². The summed E-state index contributed by atoms with van der Waals surface area (Å²) >= 11 is 0. The van der Waals surface area contributed by atoms with Gasteiger partial charge in [-0.25, -0.2) is 0 Å². The molecule has 1 unspecified atom stereocenters. The van der Waals surface area contributed by atoms with Crippen molar-refractivity contribution < 1.29 is 9.53 Å². The second kappa shape index (κ2) is 3.35. The molecule has 3 rings (SSSR count). The summed E-state index contributed by atoms with van der Waals surface area (Å²) in [5, 5.41) is 0. The molecule has 0 aromatic carbocycles. The van der Waals surface area contributed by atoms with Crippen LogP contribution in [0.15, 0.2) is 18.3 Å². The van der Waals surface area contributed by atoms with E-state index in [9.17, 15) is 4.79 Å². The fourth-order valence-corrected chi connectivity index (χ4v) is 2.60. The van der Waals surface area contributed by atoms with Crippen LogP contribution in [0, 0.1) is 5.92 Å². The highest BCUT2D eigenvalue weighted by molar-refractivity contribution is 5.78. The van der Waals surface area contributed by atoms with Crippen molar-refractivity contribution in [2.45, 2.75) is 32.7 Å². The van der Waals surface area contributed by atoms with Crippen molar-refractivity contribution in [2.24, 2.45) is 5.92 Å². The van der Waals surface area contributed by atoms with E-state index in [-0.39, 0.29) is 18.2 Å². The van der Waals surface area contributed by atoms with Gasteiger partial charge in [0.25, 0.3) is 0 Å². The molecule has 1 fully saturated rings. The fourth-order valence-electron chi connectivity index (χ4n) is 2.60. The summed E-state index contributed by atoms with van der Waals surface area (Å²) in [5.41, 5.74) is 1.10. The van der Waals surface area contributed by atoms with E-state index in [1.165, 1.54) is 0 Å². The molecule has 0 saturated carbocycles. The third kappa shape index (κ3) is 1.23. The summed E-state index contributed by atoms with van der Waals surface area (Å²) in [6, 6.07) is 4.23. The van der Waals surface area contributed by atoms with Crippen LogP contribution in [0.1, 0.15) is 25.8 Å². The molecule has 1 aromatic heterocycles. The Morgan fingerprint density at radius 3 is 3.06 bits per heavy atom. The normalized spacial score (nSPS) is 28.4. The lowest BCUT2D eigenvalue weighted by atomic mass is 10.0. The quantitative estimate of drug-likeness (QED) is 0.716. The Balaban J connectivity index is 2.00. The first-order valence-electron chi connectivity index (χ1n) is 5.76. The van der Waals surface area contributed by atoms with Gasteiger partial charge in [-0.15, -0.1) is 0 Å². The summed E-state index contributed by atoms with van der Waals surface area (Å²) < 4.78 is 7.75. The predicted octanol–water partition coefficient (Wildman–Crippen LogP) is 1.38. The standard InChI is InChI=1S/C12H16N2O2/c1-8(2)10-7-16-12-9-4-3-5-13(9)6-11(15)14(10)12/h3-5,8,10,12H,6-7H2,1-2H3/t10-,12?/m1/s1. The number of amides is 1. The average Bonchev–Trinajstić information content (AvgIpc) is 2.80. The van der Waals surface area contributed by atoms with Crippen LogP contribution in [0.3, 0.4) is 0 Å². The Morgan fingerprint density at radius 1 is 1.50 bits per heavy atom. The van der Waals surface area contributed by atoms with Crippen LogP contribution >= 0.6 is 0 Å². The van der Waals surface area contributed by atoms with E-state index in [0.717, 1.165) is 5.69 Å².